The molecule has 5 heteroatoms. The minimum absolute atomic E-state index is 0.0422. The van der Waals surface area contributed by atoms with E-state index in [1.54, 1.807) is 36.4 Å². The van der Waals surface area contributed by atoms with Crippen LogP contribution in [0.2, 0.25) is 0 Å². The fourth-order valence-corrected chi connectivity index (χ4v) is 8.09. The average Bonchev–Trinajstić information content (AvgIpc) is 3.10. The van der Waals surface area contributed by atoms with E-state index in [4.69, 9.17) is 0 Å². The molecule has 4 aliphatic carbocycles. The van der Waals surface area contributed by atoms with Gasteiger partial charge in [-0.05, 0) is 90.9 Å². The van der Waals surface area contributed by atoms with Crippen molar-refractivity contribution in [3.8, 4) is 5.75 Å². The lowest BCUT2D eigenvalue weighted by Gasteiger charge is -2.60. The van der Waals surface area contributed by atoms with Crippen LogP contribution >= 0.6 is 0 Å². The third kappa shape index (κ3) is 3.60. The predicted octanol–water partition coefficient (Wildman–Crippen LogP) is 3.86. The van der Waals surface area contributed by atoms with Crippen molar-refractivity contribution >= 4 is 11.9 Å². The number of aliphatic hydroxyl groups excluding tert-OH is 3. The van der Waals surface area contributed by atoms with Crippen molar-refractivity contribution < 1.29 is 25.2 Å². The maximum atomic E-state index is 13.3. The summed E-state index contributed by atoms with van der Waals surface area (Å²) in [6.07, 6.45) is 8.15. The summed E-state index contributed by atoms with van der Waals surface area (Å²) in [6.45, 7) is 4.35. The van der Waals surface area contributed by atoms with Gasteiger partial charge in [0.1, 0.15) is 5.75 Å². The van der Waals surface area contributed by atoms with Gasteiger partial charge in [0.25, 0.3) is 0 Å². The van der Waals surface area contributed by atoms with E-state index in [1.807, 2.05) is 6.08 Å². The molecule has 0 spiro atoms. The predicted molar refractivity (Wildman–Crippen MR) is 126 cm³/mol. The summed E-state index contributed by atoms with van der Waals surface area (Å²) in [5.41, 5.74) is 1.40. The first-order valence-corrected chi connectivity index (χ1v) is 12.4. The smallest absolute Gasteiger partial charge is 0.159 e. The molecule has 4 aliphatic rings. The second kappa shape index (κ2) is 8.07. The minimum Gasteiger partial charge on any atom is -0.508 e. The van der Waals surface area contributed by atoms with Crippen LogP contribution in [0.3, 0.4) is 0 Å². The first kappa shape index (κ1) is 22.8. The standard InChI is InChI=1S/C28H36O5/c1-27-12-11-19(30)13-17(27)14-23(32)25-21-9-8-20(28(21,2)15-24(33)26(25)27)22(31)10-5-16-3-6-18(29)7-4-16/h3-7,10,14,19-21,23-26,29-30,32-33H,8-9,11-13,15H2,1-2H3/b10-5+/t19-,20+,21-,23+,24+,25+,26-,27-,28+/m0/s1. The Hall–Kier alpha value is -1.95. The lowest BCUT2D eigenvalue weighted by molar-refractivity contribution is -0.156. The summed E-state index contributed by atoms with van der Waals surface area (Å²) in [7, 11) is 0. The number of hydrogen-bond donors (Lipinski definition) is 4. The van der Waals surface area contributed by atoms with Gasteiger partial charge in [-0.3, -0.25) is 4.79 Å². The van der Waals surface area contributed by atoms with Crippen LogP contribution in [0, 0.1) is 34.5 Å². The van der Waals surface area contributed by atoms with Crippen LogP contribution in [0.1, 0.15) is 57.9 Å². The van der Waals surface area contributed by atoms with Crippen LogP contribution in [0.5, 0.6) is 5.75 Å². The molecule has 9 atom stereocenters. The molecular weight excluding hydrogens is 416 g/mol. The minimum atomic E-state index is -0.649. The molecule has 3 saturated carbocycles. The van der Waals surface area contributed by atoms with Gasteiger partial charge in [0.05, 0.1) is 18.3 Å². The fourth-order valence-electron chi connectivity index (χ4n) is 8.09. The van der Waals surface area contributed by atoms with Crippen LogP contribution in [0.15, 0.2) is 42.0 Å². The Labute approximate surface area is 195 Å². The SMILES string of the molecule is C[C@]12C[C@@H](O)[C@H]3[C@@H]([C@H](O)C=C4C[C@@H](O)CC[C@@]43C)[C@@H]1CC[C@@H]2C(=O)/C=C/c1ccc(O)cc1. The molecule has 0 bridgehead atoms. The van der Waals surface area contributed by atoms with Crippen molar-refractivity contribution in [2.24, 2.45) is 34.5 Å². The zero-order valence-corrected chi connectivity index (χ0v) is 19.5. The number of ketones is 1. The van der Waals surface area contributed by atoms with E-state index in [-0.39, 0.29) is 52.1 Å². The third-order valence-electron chi connectivity index (χ3n) is 9.72. The molecule has 0 amide bonds. The maximum absolute atomic E-state index is 13.3. The number of allylic oxidation sites excluding steroid dienone is 1. The molecular formula is C28H36O5. The number of carbonyl (C=O) groups is 1. The van der Waals surface area contributed by atoms with Crippen LogP contribution in [0.25, 0.3) is 6.08 Å². The second-order valence-corrected chi connectivity index (χ2v) is 11.4. The highest BCUT2D eigenvalue weighted by Gasteiger charge is 2.64. The van der Waals surface area contributed by atoms with Gasteiger partial charge in [-0.2, -0.15) is 0 Å². The molecule has 1 aromatic rings. The van der Waals surface area contributed by atoms with Gasteiger partial charge in [0.2, 0.25) is 0 Å². The maximum Gasteiger partial charge on any atom is 0.159 e. The number of fused-ring (bicyclic) bond motifs is 5. The molecule has 0 unspecified atom stereocenters. The molecule has 0 saturated heterocycles. The van der Waals surface area contributed by atoms with Gasteiger partial charge in [0.15, 0.2) is 5.78 Å². The van der Waals surface area contributed by atoms with E-state index in [1.165, 1.54) is 0 Å². The van der Waals surface area contributed by atoms with Crippen LogP contribution < -0.4 is 0 Å². The van der Waals surface area contributed by atoms with Gasteiger partial charge in [0, 0.05) is 5.92 Å². The van der Waals surface area contributed by atoms with Gasteiger partial charge in [-0.1, -0.05) is 43.7 Å². The van der Waals surface area contributed by atoms with Gasteiger partial charge in [-0.15, -0.1) is 0 Å². The van der Waals surface area contributed by atoms with E-state index >= 15 is 0 Å². The number of benzene rings is 1. The number of aliphatic hydroxyl groups is 3. The Morgan fingerprint density at radius 3 is 2.52 bits per heavy atom. The zero-order valence-electron chi connectivity index (χ0n) is 19.5. The number of carbonyl (C=O) groups excluding carboxylic acids is 1. The number of rotatable bonds is 3. The molecule has 178 valence electrons. The van der Waals surface area contributed by atoms with E-state index < -0.39 is 12.2 Å². The van der Waals surface area contributed by atoms with Gasteiger partial charge >= 0.3 is 0 Å². The summed E-state index contributed by atoms with van der Waals surface area (Å²) in [6, 6.07) is 6.76. The van der Waals surface area contributed by atoms with Crippen LogP contribution in [0.4, 0.5) is 0 Å². The lowest BCUT2D eigenvalue weighted by Crippen LogP contribution is -2.60. The van der Waals surface area contributed by atoms with Crippen molar-refractivity contribution in [1.29, 1.82) is 0 Å². The number of phenolic OH excluding ortho intramolecular Hbond substituents is 1. The van der Waals surface area contributed by atoms with Crippen molar-refractivity contribution in [2.45, 2.75) is 70.7 Å². The lowest BCUT2D eigenvalue weighted by atomic mass is 9.45. The molecule has 5 rings (SSSR count). The average molecular weight is 453 g/mol. The van der Waals surface area contributed by atoms with Gasteiger partial charge in [-0.25, -0.2) is 0 Å². The normalized spacial score (nSPS) is 44.6. The summed E-state index contributed by atoms with van der Waals surface area (Å²) < 4.78 is 0. The zero-order chi connectivity index (χ0) is 23.5. The summed E-state index contributed by atoms with van der Waals surface area (Å²) in [5.74, 6) is 0.163. The molecule has 4 N–H and O–H groups in total. The number of aromatic hydroxyl groups is 1. The molecule has 0 radical (unpaired) electrons. The summed E-state index contributed by atoms with van der Waals surface area (Å²) >= 11 is 0. The fraction of sp³-hybridized carbons (Fsp3) is 0.607. The van der Waals surface area contributed by atoms with E-state index in [9.17, 15) is 25.2 Å². The molecule has 0 heterocycles. The highest BCUT2D eigenvalue weighted by atomic mass is 16.3. The summed E-state index contributed by atoms with van der Waals surface area (Å²) in [5, 5.41) is 42.4. The first-order chi connectivity index (χ1) is 15.6. The number of hydrogen-bond acceptors (Lipinski definition) is 5. The van der Waals surface area contributed by atoms with E-state index in [0.717, 1.165) is 36.8 Å². The highest BCUT2D eigenvalue weighted by Crippen LogP contribution is 2.66. The Kier molecular flexibility index (Phi) is 5.58. The van der Waals surface area contributed by atoms with Crippen molar-refractivity contribution in [3.63, 3.8) is 0 Å². The van der Waals surface area contributed by atoms with Crippen molar-refractivity contribution in [2.75, 3.05) is 0 Å². The van der Waals surface area contributed by atoms with Crippen molar-refractivity contribution in [1.82, 2.24) is 0 Å². The molecule has 1 aromatic carbocycles. The van der Waals surface area contributed by atoms with E-state index in [2.05, 4.69) is 13.8 Å². The van der Waals surface area contributed by atoms with E-state index in [0.29, 0.717) is 12.8 Å². The third-order valence-corrected chi connectivity index (χ3v) is 9.72. The first-order valence-electron chi connectivity index (χ1n) is 12.4. The topological polar surface area (TPSA) is 98.0 Å². The van der Waals surface area contributed by atoms with Crippen LogP contribution in [-0.4, -0.2) is 44.5 Å². The Morgan fingerprint density at radius 1 is 1.06 bits per heavy atom. The molecule has 5 nitrogen and oxygen atoms in total. The quantitative estimate of drug-likeness (QED) is 0.412. The second-order valence-electron chi connectivity index (χ2n) is 11.4. The monoisotopic (exact) mass is 452 g/mol. The largest absolute Gasteiger partial charge is 0.508 e. The Balaban J connectivity index is 1.42. The summed E-state index contributed by atoms with van der Waals surface area (Å²) in [4.78, 5) is 13.3. The van der Waals surface area contributed by atoms with Gasteiger partial charge < -0.3 is 20.4 Å². The highest BCUT2D eigenvalue weighted by molar-refractivity contribution is 5.96. The van der Waals surface area contributed by atoms with Crippen LogP contribution in [-0.2, 0) is 4.79 Å². The molecule has 0 aromatic heterocycles. The molecule has 33 heavy (non-hydrogen) atoms. The Bertz CT molecular complexity index is 981. The Morgan fingerprint density at radius 2 is 1.79 bits per heavy atom. The number of phenols is 1. The molecule has 3 fully saturated rings. The van der Waals surface area contributed by atoms with Crippen molar-refractivity contribution in [3.05, 3.63) is 47.6 Å². The molecule has 0 aliphatic heterocycles.